The normalized spacial score (nSPS) is 11.1. The average Bonchev–Trinajstić information content (AvgIpc) is 3.07. The Morgan fingerprint density at radius 1 is 1.42 bits per heavy atom. The lowest BCUT2D eigenvalue weighted by molar-refractivity contribution is 0.860. The quantitative estimate of drug-likeness (QED) is 0.536. The van der Waals surface area contributed by atoms with Crippen LogP contribution in [0.1, 0.15) is 17.0 Å². The Balaban J connectivity index is 2.04. The molecule has 0 unspecified atom stereocenters. The van der Waals surface area contributed by atoms with E-state index < -0.39 is 0 Å². The zero-order valence-corrected chi connectivity index (χ0v) is 15.4. The lowest BCUT2D eigenvalue weighted by Crippen LogP contribution is -1.97. The number of hydrogen-bond acceptors (Lipinski definition) is 4. The van der Waals surface area contributed by atoms with Crippen molar-refractivity contribution in [3.63, 3.8) is 0 Å². The fraction of sp³-hybridized carbons (Fsp3) is 0.125. The molecule has 24 heavy (non-hydrogen) atoms. The van der Waals surface area contributed by atoms with E-state index in [-0.39, 0.29) is 0 Å². The largest absolute Gasteiger partial charge is 0.339 e. The first kappa shape index (κ1) is 16.4. The molecule has 2 heterocycles. The van der Waals surface area contributed by atoms with Crippen LogP contribution in [0.2, 0.25) is 0 Å². The van der Waals surface area contributed by atoms with Crippen LogP contribution in [0.25, 0.3) is 11.4 Å². The molecule has 0 atom stereocenters. The minimum Gasteiger partial charge on any atom is -0.339 e. The van der Waals surface area contributed by atoms with Gasteiger partial charge < -0.3 is 4.57 Å². The van der Waals surface area contributed by atoms with Gasteiger partial charge in [-0.2, -0.15) is 20.1 Å². The van der Waals surface area contributed by atoms with E-state index in [0.717, 1.165) is 21.3 Å². The van der Waals surface area contributed by atoms with Gasteiger partial charge in [-0.05, 0) is 37.3 Å². The number of benzene rings is 1. The van der Waals surface area contributed by atoms with Gasteiger partial charge >= 0.3 is 0 Å². The zero-order chi connectivity index (χ0) is 17.3. The molecule has 0 aliphatic rings. The van der Waals surface area contributed by atoms with Gasteiger partial charge in [0.25, 0.3) is 0 Å². The van der Waals surface area contributed by atoms with Crippen molar-refractivity contribution in [2.24, 2.45) is 12.1 Å². The highest BCUT2D eigenvalue weighted by Crippen LogP contribution is 2.21. The van der Waals surface area contributed by atoms with Gasteiger partial charge in [-0.1, -0.05) is 28.1 Å². The van der Waals surface area contributed by atoms with Crippen molar-refractivity contribution in [1.29, 1.82) is 5.26 Å². The highest BCUT2D eigenvalue weighted by molar-refractivity contribution is 9.10. The number of H-pyrrole nitrogens is 1. The Bertz CT molecular complexity index is 1030. The maximum absolute atomic E-state index is 9.11. The Morgan fingerprint density at radius 2 is 2.21 bits per heavy atom. The summed E-state index contributed by atoms with van der Waals surface area (Å²) in [6.07, 6.45) is 1.68. The van der Waals surface area contributed by atoms with E-state index in [1.807, 2.05) is 42.8 Å². The molecular formula is C16H13BrN6S. The summed E-state index contributed by atoms with van der Waals surface area (Å²) in [6, 6.07) is 11.7. The summed E-state index contributed by atoms with van der Waals surface area (Å²) in [5.41, 5.74) is 3.28. The minimum absolute atomic E-state index is 0.398. The standard InChI is InChI=1S/C16H13BrN6S/c1-10-12(7-14(8-18)22(10)2)9-19-23-15(20-21-16(23)24)11-4-3-5-13(17)6-11/h3-7,9H,1-2H3,(H,21,24)/b19-9-. The van der Waals surface area contributed by atoms with E-state index in [1.165, 1.54) is 0 Å². The minimum atomic E-state index is 0.398. The number of aromatic nitrogens is 4. The topological polar surface area (TPSA) is 74.7 Å². The SMILES string of the molecule is Cc1c(/C=N\n2c(-c3cccc(Br)c3)n[nH]c2=S)cc(C#N)n1C. The van der Waals surface area contributed by atoms with Crippen LogP contribution >= 0.6 is 28.1 Å². The van der Waals surface area contributed by atoms with Crippen molar-refractivity contribution >= 4 is 34.4 Å². The number of nitrogens with zero attached hydrogens (tertiary/aromatic N) is 5. The Morgan fingerprint density at radius 3 is 2.88 bits per heavy atom. The van der Waals surface area contributed by atoms with Crippen LogP contribution in [0.4, 0.5) is 0 Å². The number of halogens is 1. The molecule has 0 fully saturated rings. The molecule has 0 amide bonds. The molecule has 3 rings (SSSR count). The molecular weight excluding hydrogens is 388 g/mol. The third-order valence-corrected chi connectivity index (χ3v) is 4.49. The maximum atomic E-state index is 9.11. The van der Waals surface area contributed by atoms with E-state index in [2.05, 4.69) is 37.3 Å². The van der Waals surface area contributed by atoms with Crippen molar-refractivity contribution in [3.05, 3.63) is 56.5 Å². The lowest BCUT2D eigenvalue weighted by atomic mass is 10.2. The Labute approximate surface area is 152 Å². The van der Waals surface area contributed by atoms with E-state index in [9.17, 15) is 0 Å². The van der Waals surface area contributed by atoms with Gasteiger partial charge in [-0.3, -0.25) is 0 Å². The van der Waals surface area contributed by atoms with E-state index in [1.54, 1.807) is 17.0 Å². The van der Waals surface area contributed by atoms with Crippen LogP contribution in [0.15, 0.2) is 39.9 Å². The smallest absolute Gasteiger partial charge is 0.216 e. The third kappa shape index (κ3) is 2.96. The molecule has 0 bridgehead atoms. The van der Waals surface area contributed by atoms with Gasteiger partial charge in [0.15, 0.2) is 5.82 Å². The second-order valence-corrected chi connectivity index (χ2v) is 6.46. The number of aromatic amines is 1. The fourth-order valence-electron chi connectivity index (χ4n) is 2.29. The van der Waals surface area contributed by atoms with Crippen molar-refractivity contribution < 1.29 is 0 Å². The van der Waals surface area contributed by atoms with Crippen molar-refractivity contribution in [3.8, 4) is 17.5 Å². The molecule has 120 valence electrons. The van der Waals surface area contributed by atoms with Gasteiger partial charge in [0, 0.05) is 28.3 Å². The van der Waals surface area contributed by atoms with Crippen molar-refractivity contribution in [1.82, 2.24) is 19.4 Å². The summed E-state index contributed by atoms with van der Waals surface area (Å²) < 4.78 is 4.73. The summed E-state index contributed by atoms with van der Waals surface area (Å²) >= 11 is 8.72. The Hall–Kier alpha value is -2.50. The predicted octanol–water partition coefficient (Wildman–Crippen LogP) is 3.77. The summed E-state index contributed by atoms with van der Waals surface area (Å²) in [5.74, 6) is 0.617. The molecule has 0 saturated heterocycles. The van der Waals surface area contributed by atoms with E-state index >= 15 is 0 Å². The van der Waals surface area contributed by atoms with Crippen LogP contribution in [0.5, 0.6) is 0 Å². The molecule has 0 aliphatic heterocycles. The molecule has 8 heteroatoms. The molecule has 1 aromatic carbocycles. The number of nitrogens with one attached hydrogen (secondary N) is 1. The number of rotatable bonds is 3. The second kappa shape index (κ2) is 6.55. The molecule has 0 saturated carbocycles. The van der Waals surface area contributed by atoms with Gasteiger partial charge in [-0.25, -0.2) is 5.10 Å². The van der Waals surface area contributed by atoms with Gasteiger partial charge in [0.1, 0.15) is 11.8 Å². The molecule has 0 aliphatic carbocycles. The van der Waals surface area contributed by atoms with Gasteiger partial charge in [-0.15, -0.1) is 0 Å². The Kier molecular flexibility index (Phi) is 4.46. The first-order chi connectivity index (χ1) is 11.5. The van der Waals surface area contributed by atoms with Crippen LogP contribution in [0, 0.1) is 23.0 Å². The van der Waals surface area contributed by atoms with Crippen LogP contribution in [0.3, 0.4) is 0 Å². The van der Waals surface area contributed by atoms with Crippen molar-refractivity contribution in [2.75, 3.05) is 0 Å². The summed E-state index contributed by atoms with van der Waals surface area (Å²) in [7, 11) is 1.85. The van der Waals surface area contributed by atoms with Crippen molar-refractivity contribution in [2.45, 2.75) is 6.92 Å². The lowest BCUT2D eigenvalue weighted by Gasteiger charge is -2.02. The van der Waals surface area contributed by atoms with Crippen LogP contribution in [-0.4, -0.2) is 25.7 Å². The van der Waals surface area contributed by atoms with E-state index in [4.69, 9.17) is 17.5 Å². The fourth-order valence-corrected chi connectivity index (χ4v) is 2.87. The summed E-state index contributed by atoms with van der Waals surface area (Å²) in [6.45, 7) is 1.94. The highest BCUT2D eigenvalue weighted by Gasteiger charge is 2.10. The molecule has 0 radical (unpaired) electrons. The monoisotopic (exact) mass is 400 g/mol. The summed E-state index contributed by atoms with van der Waals surface area (Å²) in [4.78, 5) is 0. The predicted molar refractivity (Wildman–Crippen MR) is 98.4 cm³/mol. The first-order valence-electron chi connectivity index (χ1n) is 7.05. The van der Waals surface area contributed by atoms with E-state index in [0.29, 0.717) is 16.3 Å². The molecule has 3 aromatic rings. The number of nitriles is 1. The van der Waals surface area contributed by atoms with Gasteiger partial charge in [0.05, 0.1) is 6.21 Å². The maximum Gasteiger partial charge on any atom is 0.216 e. The van der Waals surface area contributed by atoms with Crippen LogP contribution in [-0.2, 0) is 7.05 Å². The van der Waals surface area contributed by atoms with Crippen LogP contribution < -0.4 is 0 Å². The molecule has 6 nitrogen and oxygen atoms in total. The number of hydrogen-bond donors (Lipinski definition) is 1. The zero-order valence-electron chi connectivity index (χ0n) is 13.0. The highest BCUT2D eigenvalue weighted by atomic mass is 79.9. The molecule has 0 spiro atoms. The molecule has 1 N–H and O–H groups in total. The second-order valence-electron chi connectivity index (χ2n) is 5.16. The molecule has 2 aromatic heterocycles. The third-order valence-electron chi connectivity index (χ3n) is 3.73. The summed E-state index contributed by atoms with van der Waals surface area (Å²) in [5, 5.41) is 20.6. The van der Waals surface area contributed by atoms with Gasteiger partial charge in [0.2, 0.25) is 4.77 Å². The first-order valence-corrected chi connectivity index (χ1v) is 8.25. The average molecular weight is 401 g/mol.